The van der Waals surface area contributed by atoms with E-state index in [4.69, 9.17) is 14.8 Å². The van der Waals surface area contributed by atoms with Crippen LogP contribution < -0.4 is 10.1 Å². The van der Waals surface area contributed by atoms with Gasteiger partial charge < -0.3 is 10.1 Å². The fourth-order valence-corrected chi connectivity index (χ4v) is 4.99. The van der Waals surface area contributed by atoms with Crippen LogP contribution in [-0.4, -0.2) is 27.8 Å². The first-order valence-electron chi connectivity index (χ1n) is 9.13. The number of rotatable bonds is 3. The van der Waals surface area contributed by atoms with E-state index in [1.807, 2.05) is 37.3 Å². The number of thiazole rings is 1. The van der Waals surface area contributed by atoms with Crippen LogP contribution in [0.2, 0.25) is 0 Å². The van der Waals surface area contributed by atoms with Crippen molar-refractivity contribution in [3.63, 3.8) is 0 Å². The summed E-state index contributed by atoms with van der Waals surface area (Å²) in [6, 6.07) is 13.9. The zero-order chi connectivity index (χ0) is 20.1. The Balaban J connectivity index is 1.64. The van der Waals surface area contributed by atoms with Gasteiger partial charge in [-0.1, -0.05) is 39.4 Å². The van der Waals surface area contributed by atoms with Gasteiger partial charge in [0.25, 0.3) is 0 Å². The van der Waals surface area contributed by atoms with E-state index in [1.54, 1.807) is 11.8 Å². The zero-order valence-corrected chi connectivity index (χ0v) is 18.2. The first-order chi connectivity index (χ1) is 14.0. The van der Waals surface area contributed by atoms with Crippen LogP contribution in [0.3, 0.4) is 0 Å². The smallest absolute Gasteiger partial charge is 0.226 e. The molecule has 3 heterocycles. The van der Waals surface area contributed by atoms with Crippen molar-refractivity contribution in [2.45, 2.75) is 19.3 Å². The zero-order valence-electron chi connectivity index (χ0n) is 15.8. The van der Waals surface area contributed by atoms with Crippen molar-refractivity contribution in [3.05, 3.63) is 63.8 Å². The second-order valence-corrected chi connectivity index (χ2v) is 8.87. The average molecular weight is 469 g/mol. The largest absolute Gasteiger partial charge is 0.497 e. The van der Waals surface area contributed by atoms with Crippen molar-refractivity contribution < 1.29 is 9.53 Å². The van der Waals surface area contributed by atoms with Crippen molar-refractivity contribution in [2.24, 2.45) is 0 Å². The molecule has 5 rings (SSSR count). The minimum absolute atomic E-state index is 0.0191. The van der Waals surface area contributed by atoms with Gasteiger partial charge in [-0.3, -0.25) is 4.79 Å². The molecule has 0 aliphatic carbocycles. The number of hydrogen-bond acceptors (Lipinski definition) is 5. The Kier molecular flexibility index (Phi) is 4.40. The number of fused-ring (bicyclic) bond motifs is 2. The third kappa shape index (κ3) is 3.12. The first-order valence-corrected chi connectivity index (χ1v) is 10.7. The maximum atomic E-state index is 12.5. The Hall–Kier alpha value is -2.71. The van der Waals surface area contributed by atoms with Gasteiger partial charge in [0.05, 0.1) is 23.0 Å². The molecule has 1 N–H and O–H groups in total. The predicted octanol–water partition coefficient (Wildman–Crippen LogP) is 5.04. The normalized spacial score (nSPS) is 16.0. The maximum absolute atomic E-state index is 12.5. The molecule has 0 spiro atoms. The Bertz CT molecular complexity index is 1250. The highest BCUT2D eigenvalue weighted by atomic mass is 79.9. The maximum Gasteiger partial charge on any atom is 0.226 e. The minimum Gasteiger partial charge on any atom is -0.497 e. The highest BCUT2D eigenvalue weighted by Crippen LogP contribution is 2.41. The summed E-state index contributed by atoms with van der Waals surface area (Å²) in [7, 11) is 1.65. The lowest BCUT2D eigenvalue weighted by Crippen LogP contribution is -2.24. The van der Waals surface area contributed by atoms with E-state index in [-0.39, 0.29) is 11.8 Å². The van der Waals surface area contributed by atoms with E-state index in [1.165, 1.54) is 11.3 Å². The monoisotopic (exact) mass is 468 g/mol. The van der Waals surface area contributed by atoms with Gasteiger partial charge >= 0.3 is 0 Å². The second kappa shape index (κ2) is 6.96. The quantitative estimate of drug-likeness (QED) is 0.457. The molecule has 1 aliphatic rings. The number of amides is 1. The highest BCUT2D eigenvalue weighted by molar-refractivity contribution is 9.10. The summed E-state index contributed by atoms with van der Waals surface area (Å²) in [5.74, 6) is 1.44. The van der Waals surface area contributed by atoms with Crippen LogP contribution in [0.15, 0.2) is 46.9 Å². The van der Waals surface area contributed by atoms with Gasteiger partial charge in [0.1, 0.15) is 11.6 Å². The van der Waals surface area contributed by atoms with Gasteiger partial charge in [-0.25, -0.2) is 4.98 Å². The number of nitrogens with zero attached hydrogens (tertiary/aromatic N) is 3. The Morgan fingerprint density at radius 1 is 1.24 bits per heavy atom. The molecule has 6 nitrogen and oxygen atoms in total. The fourth-order valence-electron chi connectivity index (χ4n) is 3.78. The number of hydrogen-bond donors (Lipinski definition) is 1. The Morgan fingerprint density at radius 3 is 2.79 bits per heavy atom. The summed E-state index contributed by atoms with van der Waals surface area (Å²) >= 11 is 5.00. The highest BCUT2D eigenvalue weighted by Gasteiger charge is 2.33. The molecule has 1 amide bonds. The summed E-state index contributed by atoms with van der Waals surface area (Å²) in [6.45, 7) is 1.98. The second-order valence-electron chi connectivity index (χ2n) is 6.95. The molecule has 0 saturated carbocycles. The van der Waals surface area contributed by atoms with Gasteiger partial charge in [0.2, 0.25) is 11.0 Å². The summed E-state index contributed by atoms with van der Waals surface area (Å²) in [5.41, 5.74) is 3.91. The molecule has 4 aromatic rings. The molecule has 0 saturated heterocycles. The number of benzene rings is 2. The van der Waals surface area contributed by atoms with Gasteiger partial charge in [-0.15, -0.1) is 0 Å². The lowest BCUT2D eigenvalue weighted by atomic mass is 9.86. The number of halogens is 1. The van der Waals surface area contributed by atoms with E-state index in [0.717, 1.165) is 37.3 Å². The van der Waals surface area contributed by atoms with Crippen LogP contribution in [-0.2, 0) is 4.79 Å². The predicted molar refractivity (Wildman–Crippen MR) is 117 cm³/mol. The fraction of sp³-hybridized carbons (Fsp3) is 0.190. The molecule has 1 aliphatic heterocycles. The van der Waals surface area contributed by atoms with Crippen LogP contribution in [0, 0.1) is 6.92 Å². The molecule has 0 fully saturated rings. The molecule has 2 aromatic heterocycles. The van der Waals surface area contributed by atoms with Crippen LogP contribution in [0.25, 0.3) is 15.3 Å². The molecule has 0 bridgehead atoms. The number of anilines is 1. The third-order valence-electron chi connectivity index (χ3n) is 5.14. The Labute approximate surface area is 179 Å². The molecule has 146 valence electrons. The summed E-state index contributed by atoms with van der Waals surface area (Å²) in [4.78, 5) is 17.3. The topological polar surface area (TPSA) is 69.0 Å². The molecule has 29 heavy (non-hydrogen) atoms. The molecule has 1 unspecified atom stereocenters. The lowest BCUT2D eigenvalue weighted by Gasteiger charge is -2.24. The van der Waals surface area contributed by atoms with E-state index < -0.39 is 0 Å². The van der Waals surface area contributed by atoms with Crippen molar-refractivity contribution in [3.8, 4) is 10.9 Å². The van der Waals surface area contributed by atoms with Gasteiger partial charge in [-0.05, 0) is 42.8 Å². The van der Waals surface area contributed by atoms with Crippen LogP contribution in [0.1, 0.15) is 29.2 Å². The molecule has 8 heteroatoms. The van der Waals surface area contributed by atoms with Crippen LogP contribution in [0.4, 0.5) is 5.82 Å². The molecule has 1 atom stereocenters. The van der Waals surface area contributed by atoms with Gasteiger partial charge in [0, 0.05) is 22.4 Å². The summed E-state index contributed by atoms with van der Waals surface area (Å²) < 4.78 is 9.09. The van der Waals surface area contributed by atoms with Crippen LogP contribution >= 0.6 is 27.3 Å². The minimum atomic E-state index is -0.0323. The number of carbonyl (C=O) groups is 1. The van der Waals surface area contributed by atoms with E-state index in [2.05, 4.69) is 33.4 Å². The summed E-state index contributed by atoms with van der Waals surface area (Å²) in [6.07, 6.45) is 0.401. The SMILES string of the molecule is COc1ccc2nc(-n3nc(C)c4c3NC(=O)CC4c3ccc(Br)cc3)sc2c1. The third-order valence-corrected chi connectivity index (χ3v) is 6.66. The molecular formula is C21H17BrN4O2S. The number of aromatic nitrogens is 3. The molecular weight excluding hydrogens is 452 g/mol. The van der Waals surface area contributed by atoms with E-state index >= 15 is 0 Å². The number of nitrogens with one attached hydrogen (secondary N) is 1. The molecule has 2 aromatic carbocycles. The van der Waals surface area contributed by atoms with E-state index in [9.17, 15) is 4.79 Å². The average Bonchev–Trinajstić information content (AvgIpc) is 3.28. The lowest BCUT2D eigenvalue weighted by molar-refractivity contribution is -0.116. The van der Waals surface area contributed by atoms with Crippen molar-refractivity contribution >= 4 is 49.2 Å². The summed E-state index contributed by atoms with van der Waals surface area (Å²) in [5, 5.41) is 8.47. The number of aryl methyl sites for hydroxylation is 1. The van der Waals surface area contributed by atoms with Gasteiger partial charge in [-0.2, -0.15) is 9.78 Å². The van der Waals surface area contributed by atoms with Crippen molar-refractivity contribution in [2.75, 3.05) is 12.4 Å². The standard InChI is InChI=1S/C21H17BrN4O2S/c1-11-19-15(12-3-5-13(22)6-4-12)10-18(27)24-20(19)26(25-11)21-23-16-8-7-14(28-2)9-17(16)29-21/h3-9,15H,10H2,1-2H3,(H,24,27). The number of methoxy groups -OCH3 is 1. The van der Waals surface area contributed by atoms with Crippen LogP contribution in [0.5, 0.6) is 5.75 Å². The van der Waals surface area contributed by atoms with E-state index in [0.29, 0.717) is 17.4 Å². The Morgan fingerprint density at radius 2 is 2.03 bits per heavy atom. The number of ether oxygens (including phenoxy) is 1. The first kappa shape index (κ1) is 18.3. The molecule has 0 radical (unpaired) electrons. The number of carbonyl (C=O) groups excluding carboxylic acids is 1. The van der Waals surface area contributed by atoms with Crippen molar-refractivity contribution in [1.82, 2.24) is 14.8 Å². The van der Waals surface area contributed by atoms with Gasteiger partial charge in [0.15, 0.2) is 0 Å². The van der Waals surface area contributed by atoms with Crippen molar-refractivity contribution in [1.29, 1.82) is 0 Å².